The van der Waals surface area contributed by atoms with Crippen molar-refractivity contribution in [2.24, 2.45) is 0 Å². The lowest BCUT2D eigenvalue weighted by atomic mass is 10.2. The predicted octanol–water partition coefficient (Wildman–Crippen LogP) is 2.63. The van der Waals surface area contributed by atoms with Gasteiger partial charge in [-0.05, 0) is 44.4 Å². The highest BCUT2D eigenvalue weighted by molar-refractivity contribution is 5.51. The molecule has 1 aliphatic rings. The number of hydrogen-bond acceptors (Lipinski definition) is 5. The maximum Gasteiger partial charge on any atom is 0.203 e. The summed E-state index contributed by atoms with van der Waals surface area (Å²) in [6.45, 7) is 3.52. The van der Waals surface area contributed by atoms with E-state index < -0.39 is 0 Å². The third-order valence-corrected chi connectivity index (χ3v) is 3.77. The lowest BCUT2D eigenvalue weighted by Gasteiger charge is -2.14. The molecule has 0 aliphatic carbocycles. The van der Waals surface area contributed by atoms with Crippen LogP contribution in [0.4, 0.5) is 0 Å². The molecule has 1 unspecified atom stereocenters. The van der Waals surface area contributed by atoms with Gasteiger partial charge in [0.25, 0.3) is 0 Å². The van der Waals surface area contributed by atoms with Crippen LogP contribution >= 0.6 is 0 Å². The molecule has 5 nitrogen and oxygen atoms in total. The third kappa shape index (κ3) is 5.07. The van der Waals surface area contributed by atoms with Crippen LogP contribution in [0, 0.1) is 0 Å². The molecule has 124 valence electrons. The number of rotatable bonds is 10. The van der Waals surface area contributed by atoms with Gasteiger partial charge in [-0.2, -0.15) is 0 Å². The van der Waals surface area contributed by atoms with Crippen molar-refractivity contribution in [1.82, 2.24) is 5.32 Å². The molecular formula is C17H27NO4. The molecule has 0 spiro atoms. The first kappa shape index (κ1) is 16.9. The first-order chi connectivity index (χ1) is 10.8. The molecule has 1 fully saturated rings. The second kappa shape index (κ2) is 9.54. The van der Waals surface area contributed by atoms with Gasteiger partial charge >= 0.3 is 0 Å². The van der Waals surface area contributed by atoms with E-state index in [1.165, 1.54) is 12.8 Å². The standard InChI is InChI=1S/C17H27NO4/c1-19-15-8-5-9-16(20-2)17(15)22-11-4-3-10-18-13-14-7-6-12-21-14/h5,8-9,14,18H,3-4,6-7,10-13H2,1-2H3. The molecule has 1 N–H and O–H groups in total. The third-order valence-electron chi connectivity index (χ3n) is 3.77. The summed E-state index contributed by atoms with van der Waals surface area (Å²) in [6, 6.07) is 5.64. The number of methoxy groups -OCH3 is 2. The molecule has 1 heterocycles. The number of ether oxygens (including phenoxy) is 4. The van der Waals surface area contributed by atoms with Gasteiger partial charge in [0.2, 0.25) is 5.75 Å². The van der Waals surface area contributed by atoms with Crippen molar-refractivity contribution < 1.29 is 18.9 Å². The molecule has 0 radical (unpaired) electrons. The number of nitrogens with one attached hydrogen (secondary N) is 1. The fourth-order valence-electron chi connectivity index (χ4n) is 2.55. The van der Waals surface area contributed by atoms with Gasteiger partial charge in [-0.1, -0.05) is 6.07 Å². The quantitative estimate of drug-likeness (QED) is 0.673. The first-order valence-corrected chi connectivity index (χ1v) is 8.01. The molecular weight excluding hydrogens is 282 g/mol. The zero-order chi connectivity index (χ0) is 15.6. The van der Waals surface area contributed by atoms with Crippen LogP contribution in [-0.4, -0.2) is 46.6 Å². The van der Waals surface area contributed by atoms with Crippen molar-refractivity contribution in [2.45, 2.75) is 31.8 Å². The largest absolute Gasteiger partial charge is 0.493 e. The van der Waals surface area contributed by atoms with E-state index in [9.17, 15) is 0 Å². The topological polar surface area (TPSA) is 49.0 Å². The predicted molar refractivity (Wildman–Crippen MR) is 86.1 cm³/mol. The average molecular weight is 309 g/mol. The number of unbranched alkanes of at least 4 members (excludes halogenated alkanes) is 1. The van der Waals surface area contributed by atoms with E-state index in [2.05, 4.69) is 5.32 Å². The van der Waals surface area contributed by atoms with E-state index in [0.717, 1.165) is 32.5 Å². The van der Waals surface area contributed by atoms with Crippen molar-refractivity contribution >= 4 is 0 Å². The highest BCUT2D eigenvalue weighted by Gasteiger charge is 2.14. The van der Waals surface area contributed by atoms with E-state index in [-0.39, 0.29) is 0 Å². The van der Waals surface area contributed by atoms with E-state index in [0.29, 0.717) is 30.0 Å². The zero-order valence-electron chi connectivity index (χ0n) is 13.6. The van der Waals surface area contributed by atoms with Crippen LogP contribution in [0.5, 0.6) is 17.2 Å². The van der Waals surface area contributed by atoms with Crippen molar-refractivity contribution in [2.75, 3.05) is 40.5 Å². The van der Waals surface area contributed by atoms with Gasteiger partial charge in [0.15, 0.2) is 11.5 Å². The SMILES string of the molecule is COc1cccc(OC)c1OCCCCNCC1CCCO1. The van der Waals surface area contributed by atoms with Gasteiger partial charge in [0, 0.05) is 13.2 Å². The molecule has 22 heavy (non-hydrogen) atoms. The second-order valence-electron chi connectivity index (χ2n) is 5.39. The molecule has 0 saturated carbocycles. The van der Waals surface area contributed by atoms with Crippen LogP contribution in [0.1, 0.15) is 25.7 Å². The Balaban J connectivity index is 1.62. The summed E-state index contributed by atoms with van der Waals surface area (Å²) in [5, 5.41) is 3.44. The van der Waals surface area contributed by atoms with E-state index >= 15 is 0 Å². The minimum atomic E-state index is 0.411. The molecule has 1 aromatic rings. The van der Waals surface area contributed by atoms with Crippen LogP contribution in [0.3, 0.4) is 0 Å². The van der Waals surface area contributed by atoms with E-state index in [1.807, 2.05) is 18.2 Å². The molecule has 5 heteroatoms. The smallest absolute Gasteiger partial charge is 0.203 e. The molecule has 0 amide bonds. The lowest BCUT2D eigenvalue weighted by molar-refractivity contribution is 0.110. The van der Waals surface area contributed by atoms with Crippen LogP contribution in [-0.2, 0) is 4.74 Å². The van der Waals surface area contributed by atoms with Crippen LogP contribution < -0.4 is 19.5 Å². The van der Waals surface area contributed by atoms with Crippen molar-refractivity contribution in [3.63, 3.8) is 0 Å². The van der Waals surface area contributed by atoms with E-state index in [4.69, 9.17) is 18.9 Å². The van der Waals surface area contributed by atoms with Crippen molar-refractivity contribution in [1.29, 1.82) is 0 Å². The second-order valence-corrected chi connectivity index (χ2v) is 5.39. The Morgan fingerprint density at radius 1 is 1.18 bits per heavy atom. The molecule has 1 saturated heterocycles. The first-order valence-electron chi connectivity index (χ1n) is 8.01. The zero-order valence-corrected chi connectivity index (χ0v) is 13.6. The Labute approximate surface area is 132 Å². The van der Waals surface area contributed by atoms with Gasteiger partial charge in [-0.25, -0.2) is 0 Å². The number of para-hydroxylation sites is 1. The molecule has 0 aromatic heterocycles. The highest BCUT2D eigenvalue weighted by atomic mass is 16.5. The minimum Gasteiger partial charge on any atom is -0.493 e. The van der Waals surface area contributed by atoms with Crippen molar-refractivity contribution in [3.8, 4) is 17.2 Å². The Morgan fingerprint density at radius 2 is 1.95 bits per heavy atom. The summed E-state index contributed by atoms with van der Waals surface area (Å²) < 4.78 is 22.0. The molecule has 1 aromatic carbocycles. The van der Waals surface area contributed by atoms with Crippen LogP contribution in [0.25, 0.3) is 0 Å². The van der Waals surface area contributed by atoms with Gasteiger partial charge in [0.1, 0.15) is 0 Å². The Hall–Kier alpha value is -1.46. The highest BCUT2D eigenvalue weighted by Crippen LogP contribution is 2.36. The maximum absolute atomic E-state index is 5.83. The minimum absolute atomic E-state index is 0.411. The summed E-state index contributed by atoms with van der Waals surface area (Å²) in [6.07, 6.45) is 4.85. The van der Waals surface area contributed by atoms with Crippen molar-refractivity contribution in [3.05, 3.63) is 18.2 Å². The lowest BCUT2D eigenvalue weighted by Crippen LogP contribution is -2.27. The number of benzene rings is 1. The fraction of sp³-hybridized carbons (Fsp3) is 0.647. The van der Waals surface area contributed by atoms with Crippen LogP contribution in [0.2, 0.25) is 0 Å². The summed E-state index contributed by atoms with van der Waals surface area (Å²) in [5.41, 5.74) is 0. The molecule has 0 bridgehead atoms. The Morgan fingerprint density at radius 3 is 2.59 bits per heavy atom. The molecule has 1 aliphatic heterocycles. The monoisotopic (exact) mass is 309 g/mol. The summed E-state index contributed by atoms with van der Waals surface area (Å²) in [7, 11) is 3.27. The Bertz CT molecular complexity index is 410. The maximum atomic E-state index is 5.83. The normalized spacial score (nSPS) is 17.5. The van der Waals surface area contributed by atoms with Gasteiger partial charge in [0.05, 0.1) is 26.9 Å². The summed E-state index contributed by atoms with van der Waals surface area (Å²) in [5.74, 6) is 2.09. The molecule has 1 atom stereocenters. The fourth-order valence-corrected chi connectivity index (χ4v) is 2.55. The number of hydrogen-bond donors (Lipinski definition) is 1. The molecule has 2 rings (SSSR count). The van der Waals surface area contributed by atoms with Gasteiger partial charge < -0.3 is 24.3 Å². The van der Waals surface area contributed by atoms with E-state index in [1.54, 1.807) is 14.2 Å². The average Bonchev–Trinajstić information content (AvgIpc) is 3.07. The van der Waals surface area contributed by atoms with Gasteiger partial charge in [-0.3, -0.25) is 0 Å². The Kier molecular flexibility index (Phi) is 7.33. The summed E-state index contributed by atoms with van der Waals surface area (Å²) in [4.78, 5) is 0. The van der Waals surface area contributed by atoms with Crippen LogP contribution in [0.15, 0.2) is 18.2 Å². The summed E-state index contributed by atoms with van der Waals surface area (Å²) >= 11 is 0. The van der Waals surface area contributed by atoms with Gasteiger partial charge in [-0.15, -0.1) is 0 Å².